The van der Waals surface area contributed by atoms with Gasteiger partial charge in [0.15, 0.2) is 0 Å². The van der Waals surface area contributed by atoms with Crippen LogP contribution in [0.15, 0.2) is 24.3 Å². The molecule has 0 aromatic heterocycles. The summed E-state index contributed by atoms with van der Waals surface area (Å²) in [5.41, 5.74) is 0.990. The summed E-state index contributed by atoms with van der Waals surface area (Å²) >= 11 is 0. The molecule has 0 aliphatic carbocycles. The quantitative estimate of drug-likeness (QED) is 0.686. The summed E-state index contributed by atoms with van der Waals surface area (Å²) in [5, 5.41) is 5.11. The number of benzene rings is 1. The second-order valence-electron chi connectivity index (χ2n) is 4.42. The van der Waals surface area contributed by atoms with Gasteiger partial charge in [-0.15, -0.1) is 0 Å². The van der Waals surface area contributed by atoms with Crippen LogP contribution in [0.2, 0.25) is 0 Å². The predicted molar refractivity (Wildman–Crippen MR) is 80.0 cm³/mol. The Bertz CT molecular complexity index is 628. The molecule has 0 unspecified atom stereocenters. The van der Waals surface area contributed by atoms with Crippen molar-refractivity contribution in [2.24, 2.45) is 0 Å². The first-order valence-corrected chi connectivity index (χ1v) is 7.49. The van der Waals surface area contributed by atoms with Crippen LogP contribution in [0.25, 0.3) is 0 Å². The molecule has 2 amide bonds. The third-order valence-electron chi connectivity index (χ3n) is 2.36. The van der Waals surface area contributed by atoms with Crippen LogP contribution in [0.5, 0.6) is 0 Å². The predicted octanol–water partition coefficient (Wildman–Crippen LogP) is -0.0205. The first-order chi connectivity index (χ1) is 9.70. The van der Waals surface area contributed by atoms with Gasteiger partial charge in [0.2, 0.25) is 11.8 Å². The summed E-state index contributed by atoms with van der Waals surface area (Å²) < 4.78 is 26.0. The molecular formula is C12H18N4O4S. The number of amides is 2. The highest BCUT2D eigenvalue weighted by atomic mass is 32.2. The fourth-order valence-electron chi connectivity index (χ4n) is 1.37. The summed E-state index contributed by atoms with van der Waals surface area (Å²) in [5.74, 6) is -0.738. The van der Waals surface area contributed by atoms with Crippen molar-refractivity contribution in [3.8, 4) is 0 Å². The van der Waals surface area contributed by atoms with Crippen LogP contribution in [-0.2, 0) is 19.8 Å². The lowest BCUT2D eigenvalue weighted by atomic mass is 10.2. The fourth-order valence-corrected chi connectivity index (χ4v) is 1.94. The maximum Gasteiger partial charge on any atom is 0.279 e. The first-order valence-electron chi connectivity index (χ1n) is 6.05. The Morgan fingerprint density at radius 2 is 1.71 bits per heavy atom. The molecular weight excluding hydrogens is 296 g/mol. The zero-order chi connectivity index (χ0) is 16.0. The van der Waals surface area contributed by atoms with E-state index in [0.717, 1.165) is 4.31 Å². The van der Waals surface area contributed by atoms with Crippen LogP contribution in [0.1, 0.15) is 6.92 Å². The van der Waals surface area contributed by atoms with Crippen LogP contribution in [0.4, 0.5) is 11.4 Å². The van der Waals surface area contributed by atoms with Gasteiger partial charge < -0.3 is 10.6 Å². The summed E-state index contributed by atoms with van der Waals surface area (Å²) in [4.78, 5) is 22.6. The largest absolute Gasteiger partial charge is 0.326 e. The first kappa shape index (κ1) is 17.1. The Kier molecular flexibility index (Phi) is 5.82. The molecule has 1 aromatic carbocycles. The van der Waals surface area contributed by atoms with E-state index in [4.69, 9.17) is 0 Å². The highest BCUT2D eigenvalue weighted by molar-refractivity contribution is 7.87. The maximum atomic E-state index is 11.7. The van der Waals surface area contributed by atoms with E-state index in [1.807, 2.05) is 0 Å². The molecule has 3 N–H and O–H groups in total. The molecule has 0 radical (unpaired) electrons. The van der Waals surface area contributed by atoms with E-state index < -0.39 is 16.1 Å². The normalized spacial score (nSPS) is 11.2. The minimum Gasteiger partial charge on any atom is -0.326 e. The summed E-state index contributed by atoms with van der Waals surface area (Å²) in [6.45, 7) is 0.992. The van der Waals surface area contributed by atoms with Crippen molar-refractivity contribution in [3.63, 3.8) is 0 Å². The Balaban J connectivity index is 2.61. The van der Waals surface area contributed by atoms with Gasteiger partial charge in [-0.1, -0.05) is 6.07 Å². The zero-order valence-corrected chi connectivity index (χ0v) is 12.8. The number of nitrogens with zero attached hydrogens (tertiary/aromatic N) is 1. The van der Waals surface area contributed by atoms with Gasteiger partial charge in [0, 0.05) is 32.4 Å². The number of hydrogen-bond acceptors (Lipinski definition) is 4. The SMILES string of the molecule is CC(=O)Nc1cccc(NC(=O)CNS(=O)(=O)N(C)C)c1. The third kappa shape index (κ3) is 5.90. The lowest BCUT2D eigenvalue weighted by Crippen LogP contribution is -2.40. The van der Waals surface area contributed by atoms with Crippen LogP contribution < -0.4 is 15.4 Å². The van der Waals surface area contributed by atoms with Crippen molar-refractivity contribution in [3.05, 3.63) is 24.3 Å². The lowest BCUT2D eigenvalue weighted by Gasteiger charge is -2.12. The van der Waals surface area contributed by atoms with Crippen LogP contribution in [-0.4, -0.2) is 45.2 Å². The van der Waals surface area contributed by atoms with Crippen molar-refractivity contribution >= 4 is 33.4 Å². The van der Waals surface area contributed by atoms with Crippen LogP contribution >= 0.6 is 0 Å². The topological polar surface area (TPSA) is 108 Å². The number of nitrogens with one attached hydrogen (secondary N) is 3. The Morgan fingerprint density at radius 1 is 1.14 bits per heavy atom. The van der Waals surface area contributed by atoms with Crippen LogP contribution in [0, 0.1) is 0 Å². The van der Waals surface area contributed by atoms with Gasteiger partial charge in [0.1, 0.15) is 0 Å². The molecule has 0 bridgehead atoms. The summed E-state index contributed by atoms with van der Waals surface area (Å²) in [6, 6.07) is 6.53. The van der Waals surface area contributed by atoms with Crippen molar-refractivity contribution in [2.75, 3.05) is 31.3 Å². The number of rotatable bonds is 6. The molecule has 0 atom stereocenters. The van der Waals surface area contributed by atoms with Gasteiger partial charge in [-0.3, -0.25) is 9.59 Å². The standard InChI is InChI=1S/C12H18N4O4S/c1-9(17)14-10-5-4-6-11(7-10)15-12(18)8-13-21(19,20)16(2)3/h4-7,13H,8H2,1-3H3,(H,14,17)(H,15,18). The van der Waals surface area contributed by atoms with E-state index in [2.05, 4.69) is 15.4 Å². The second kappa shape index (κ2) is 7.16. The van der Waals surface area contributed by atoms with Gasteiger partial charge in [-0.25, -0.2) is 0 Å². The van der Waals surface area contributed by atoms with E-state index >= 15 is 0 Å². The molecule has 0 fully saturated rings. The molecule has 21 heavy (non-hydrogen) atoms. The van der Waals surface area contributed by atoms with Crippen molar-refractivity contribution in [1.29, 1.82) is 0 Å². The Morgan fingerprint density at radius 3 is 2.24 bits per heavy atom. The number of carbonyl (C=O) groups excluding carboxylic acids is 2. The highest BCUT2D eigenvalue weighted by Gasteiger charge is 2.14. The maximum absolute atomic E-state index is 11.7. The molecule has 0 aliphatic heterocycles. The van der Waals surface area contributed by atoms with Crippen LogP contribution in [0.3, 0.4) is 0 Å². The molecule has 1 aromatic rings. The van der Waals surface area contributed by atoms with Crippen molar-refractivity contribution in [1.82, 2.24) is 9.03 Å². The number of hydrogen-bond donors (Lipinski definition) is 3. The van der Waals surface area contributed by atoms with E-state index in [1.54, 1.807) is 24.3 Å². The molecule has 9 heteroatoms. The Labute approximate surface area is 123 Å². The van der Waals surface area contributed by atoms with E-state index in [1.165, 1.54) is 21.0 Å². The summed E-state index contributed by atoms with van der Waals surface area (Å²) in [7, 11) is -0.928. The zero-order valence-electron chi connectivity index (χ0n) is 12.0. The van der Waals surface area contributed by atoms with Gasteiger partial charge in [-0.05, 0) is 18.2 Å². The average Bonchev–Trinajstić information content (AvgIpc) is 2.36. The minimum atomic E-state index is -3.64. The van der Waals surface area contributed by atoms with Gasteiger partial charge in [0.25, 0.3) is 10.2 Å². The van der Waals surface area contributed by atoms with E-state index in [-0.39, 0.29) is 12.5 Å². The number of carbonyl (C=O) groups is 2. The van der Waals surface area contributed by atoms with Gasteiger partial charge >= 0.3 is 0 Å². The molecule has 0 spiro atoms. The fraction of sp³-hybridized carbons (Fsp3) is 0.333. The second-order valence-corrected chi connectivity index (χ2v) is 6.39. The molecule has 0 saturated carbocycles. The van der Waals surface area contributed by atoms with Gasteiger partial charge in [-0.2, -0.15) is 17.4 Å². The van der Waals surface area contributed by atoms with E-state index in [0.29, 0.717) is 11.4 Å². The average molecular weight is 314 g/mol. The number of anilines is 2. The summed E-state index contributed by atoms with van der Waals surface area (Å²) in [6.07, 6.45) is 0. The Hall–Kier alpha value is -1.97. The van der Waals surface area contributed by atoms with E-state index in [9.17, 15) is 18.0 Å². The molecule has 8 nitrogen and oxygen atoms in total. The lowest BCUT2D eigenvalue weighted by molar-refractivity contribution is -0.115. The van der Waals surface area contributed by atoms with Gasteiger partial charge in [0.05, 0.1) is 6.54 Å². The molecule has 0 aliphatic rings. The third-order valence-corrected chi connectivity index (χ3v) is 3.83. The van der Waals surface area contributed by atoms with Crippen molar-refractivity contribution in [2.45, 2.75) is 6.92 Å². The smallest absolute Gasteiger partial charge is 0.279 e. The minimum absolute atomic E-state index is 0.225. The molecule has 0 heterocycles. The monoisotopic (exact) mass is 314 g/mol. The molecule has 1 rings (SSSR count). The van der Waals surface area contributed by atoms with Crippen molar-refractivity contribution < 1.29 is 18.0 Å². The molecule has 0 saturated heterocycles. The highest BCUT2D eigenvalue weighted by Crippen LogP contribution is 2.14. The molecule has 116 valence electrons.